The number of hydrogen-bond acceptors (Lipinski definition) is 2. The first-order valence-electron chi connectivity index (χ1n) is 6.39. The SMILES string of the molecule is CCc1ccc(C(=O)OCCCC(C)C)cc1. The number of carbonyl (C=O) groups is 1. The average Bonchev–Trinajstić information content (AvgIpc) is 2.34. The minimum absolute atomic E-state index is 0.212. The Morgan fingerprint density at radius 3 is 2.41 bits per heavy atom. The Morgan fingerprint density at radius 2 is 1.88 bits per heavy atom. The van der Waals surface area contributed by atoms with E-state index in [1.807, 2.05) is 24.3 Å². The maximum atomic E-state index is 11.7. The minimum atomic E-state index is -0.212. The first-order valence-corrected chi connectivity index (χ1v) is 6.39. The van der Waals surface area contributed by atoms with Gasteiger partial charge in [-0.3, -0.25) is 0 Å². The van der Waals surface area contributed by atoms with Gasteiger partial charge in [-0.1, -0.05) is 32.9 Å². The Labute approximate surface area is 104 Å². The molecule has 2 heteroatoms. The molecule has 1 aromatic carbocycles. The van der Waals surface area contributed by atoms with Gasteiger partial charge in [-0.2, -0.15) is 0 Å². The van der Waals surface area contributed by atoms with Crippen molar-refractivity contribution in [2.75, 3.05) is 6.61 Å². The van der Waals surface area contributed by atoms with Gasteiger partial charge in [0.05, 0.1) is 12.2 Å². The van der Waals surface area contributed by atoms with E-state index in [1.165, 1.54) is 5.56 Å². The van der Waals surface area contributed by atoms with Crippen molar-refractivity contribution in [1.82, 2.24) is 0 Å². The highest BCUT2D eigenvalue weighted by molar-refractivity contribution is 5.89. The highest BCUT2D eigenvalue weighted by Gasteiger charge is 2.06. The fraction of sp³-hybridized carbons (Fsp3) is 0.533. The van der Waals surface area contributed by atoms with Crippen molar-refractivity contribution in [1.29, 1.82) is 0 Å². The normalized spacial score (nSPS) is 10.6. The Hall–Kier alpha value is -1.31. The van der Waals surface area contributed by atoms with Gasteiger partial charge in [0.25, 0.3) is 0 Å². The summed E-state index contributed by atoms with van der Waals surface area (Å²) in [5.41, 5.74) is 1.88. The molecule has 0 aromatic heterocycles. The summed E-state index contributed by atoms with van der Waals surface area (Å²) in [5, 5.41) is 0. The lowest BCUT2D eigenvalue weighted by Gasteiger charge is -2.06. The van der Waals surface area contributed by atoms with Crippen molar-refractivity contribution in [3.63, 3.8) is 0 Å². The molecule has 2 nitrogen and oxygen atoms in total. The summed E-state index contributed by atoms with van der Waals surface area (Å²) in [4.78, 5) is 11.7. The van der Waals surface area contributed by atoms with Gasteiger partial charge < -0.3 is 4.74 Å². The molecule has 0 unspecified atom stereocenters. The first kappa shape index (κ1) is 13.8. The van der Waals surface area contributed by atoms with Crippen LogP contribution in [0.2, 0.25) is 0 Å². The summed E-state index contributed by atoms with van der Waals surface area (Å²) in [7, 11) is 0. The van der Waals surface area contributed by atoms with Gasteiger partial charge in [0.15, 0.2) is 0 Å². The molecule has 0 radical (unpaired) electrons. The number of carbonyl (C=O) groups excluding carboxylic acids is 1. The van der Waals surface area contributed by atoms with Gasteiger partial charge in [-0.15, -0.1) is 0 Å². The quantitative estimate of drug-likeness (QED) is 0.552. The Bertz CT molecular complexity index is 338. The first-order chi connectivity index (χ1) is 8.13. The fourth-order valence-electron chi connectivity index (χ4n) is 1.62. The molecular weight excluding hydrogens is 212 g/mol. The molecule has 0 aliphatic rings. The van der Waals surface area contributed by atoms with Crippen molar-refractivity contribution in [3.05, 3.63) is 35.4 Å². The number of hydrogen-bond donors (Lipinski definition) is 0. The van der Waals surface area contributed by atoms with Crippen LogP contribution in [0, 0.1) is 5.92 Å². The molecule has 0 aliphatic carbocycles. The van der Waals surface area contributed by atoms with Crippen molar-refractivity contribution >= 4 is 5.97 Å². The van der Waals surface area contributed by atoms with Crippen LogP contribution in [-0.2, 0) is 11.2 Å². The van der Waals surface area contributed by atoms with Crippen LogP contribution in [0.15, 0.2) is 24.3 Å². The number of rotatable bonds is 6. The summed E-state index contributed by atoms with van der Waals surface area (Å²) in [5.74, 6) is 0.453. The molecule has 0 saturated carbocycles. The van der Waals surface area contributed by atoms with Crippen LogP contribution in [0.3, 0.4) is 0 Å². The molecule has 1 aromatic rings. The number of benzene rings is 1. The lowest BCUT2D eigenvalue weighted by molar-refractivity contribution is 0.0495. The van der Waals surface area contributed by atoms with Crippen LogP contribution in [0.1, 0.15) is 49.5 Å². The molecule has 0 heterocycles. The van der Waals surface area contributed by atoms with Crippen molar-refractivity contribution in [3.8, 4) is 0 Å². The second kappa shape index (κ2) is 7.10. The maximum absolute atomic E-state index is 11.7. The van der Waals surface area contributed by atoms with E-state index in [1.54, 1.807) is 0 Å². The van der Waals surface area contributed by atoms with E-state index in [9.17, 15) is 4.79 Å². The monoisotopic (exact) mass is 234 g/mol. The standard InChI is InChI=1S/C15H22O2/c1-4-13-7-9-14(10-8-13)15(16)17-11-5-6-12(2)3/h7-10,12H,4-6,11H2,1-3H3. The second-order valence-corrected chi connectivity index (χ2v) is 4.72. The van der Waals surface area contributed by atoms with E-state index < -0.39 is 0 Å². The van der Waals surface area contributed by atoms with Crippen LogP contribution < -0.4 is 0 Å². The van der Waals surface area contributed by atoms with E-state index in [0.717, 1.165) is 19.3 Å². The number of esters is 1. The third-order valence-electron chi connectivity index (χ3n) is 2.76. The van der Waals surface area contributed by atoms with Gasteiger partial charge in [0.2, 0.25) is 0 Å². The van der Waals surface area contributed by atoms with Crippen LogP contribution in [0.5, 0.6) is 0 Å². The van der Waals surface area contributed by atoms with Crippen LogP contribution in [-0.4, -0.2) is 12.6 Å². The molecule has 0 amide bonds. The van der Waals surface area contributed by atoms with Gasteiger partial charge in [-0.05, 0) is 42.9 Å². The summed E-state index contributed by atoms with van der Waals surface area (Å²) in [6.07, 6.45) is 3.03. The van der Waals surface area contributed by atoms with Crippen molar-refractivity contribution < 1.29 is 9.53 Å². The summed E-state index contributed by atoms with van der Waals surface area (Å²) in [6.45, 7) is 6.96. The molecule has 0 atom stereocenters. The third kappa shape index (κ3) is 5.03. The molecule has 0 aliphatic heterocycles. The molecule has 17 heavy (non-hydrogen) atoms. The van der Waals surface area contributed by atoms with Crippen LogP contribution >= 0.6 is 0 Å². The maximum Gasteiger partial charge on any atom is 0.338 e. The van der Waals surface area contributed by atoms with Crippen LogP contribution in [0.25, 0.3) is 0 Å². The summed E-state index contributed by atoms with van der Waals surface area (Å²) in [6, 6.07) is 7.63. The summed E-state index contributed by atoms with van der Waals surface area (Å²) < 4.78 is 5.21. The van der Waals surface area contributed by atoms with Gasteiger partial charge in [0.1, 0.15) is 0 Å². The Morgan fingerprint density at radius 1 is 1.24 bits per heavy atom. The van der Waals surface area contributed by atoms with E-state index in [2.05, 4.69) is 20.8 Å². The van der Waals surface area contributed by atoms with Crippen molar-refractivity contribution in [2.24, 2.45) is 5.92 Å². The highest BCUT2D eigenvalue weighted by atomic mass is 16.5. The lowest BCUT2D eigenvalue weighted by Crippen LogP contribution is -2.07. The van der Waals surface area contributed by atoms with E-state index in [-0.39, 0.29) is 5.97 Å². The predicted molar refractivity (Wildman–Crippen MR) is 70.2 cm³/mol. The zero-order valence-corrected chi connectivity index (χ0v) is 11.0. The molecule has 0 bridgehead atoms. The largest absolute Gasteiger partial charge is 0.462 e. The average molecular weight is 234 g/mol. The molecule has 0 fully saturated rings. The third-order valence-corrected chi connectivity index (χ3v) is 2.76. The zero-order valence-electron chi connectivity index (χ0n) is 11.0. The molecule has 0 saturated heterocycles. The minimum Gasteiger partial charge on any atom is -0.462 e. The zero-order chi connectivity index (χ0) is 12.7. The molecule has 0 N–H and O–H groups in total. The number of aryl methyl sites for hydroxylation is 1. The van der Waals surface area contributed by atoms with E-state index in [0.29, 0.717) is 18.1 Å². The lowest BCUT2D eigenvalue weighted by atomic mass is 10.1. The van der Waals surface area contributed by atoms with Gasteiger partial charge >= 0.3 is 5.97 Å². The Balaban J connectivity index is 2.36. The predicted octanol–water partition coefficient (Wildman–Crippen LogP) is 3.84. The fourth-order valence-corrected chi connectivity index (χ4v) is 1.62. The molecule has 0 spiro atoms. The van der Waals surface area contributed by atoms with Crippen molar-refractivity contribution in [2.45, 2.75) is 40.0 Å². The molecule has 1 rings (SSSR count). The second-order valence-electron chi connectivity index (χ2n) is 4.72. The molecular formula is C15H22O2. The highest BCUT2D eigenvalue weighted by Crippen LogP contribution is 2.08. The van der Waals surface area contributed by atoms with E-state index >= 15 is 0 Å². The Kier molecular flexibility index (Phi) is 5.75. The smallest absolute Gasteiger partial charge is 0.338 e. The van der Waals surface area contributed by atoms with Gasteiger partial charge in [-0.25, -0.2) is 4.79 Å². The molecule has 94 valence electrons. The van der Waals surface area contributed by atoms with Crippen LogP contribution in [0.4, 0.5) is 0 Å². The number of ether oxygens (including phenoxy) is 1. The summed E-state index contributed by atoms with van der Waals surface area (Å²) >= 11 is 0. The van der Waals surface area contributed by atoms with E-state index in [4.69, 9.17) is 4.74 Å². The van der Waals surface area contributed by atoms with Gasteiger partial charge in [0, 0.05) is 0 Å². The topological polar surface area (TPSA) is 26.3 Å².